The number of hydrogen-bond acceptors (Lipinski definition) is 5. The number of ether oxygens (including phenoxy) is 2. The van der Waals surface area contributed by atoms with Crippen molar-refractivity contribution in [2.45, 2.75) is 26.9 Å². The summed E-state index contributed by atoms with van der Waals surface area (Å²) in [5.41, 5.74) is 3.71. The first kappa shape index (κ1) is 20.2. The van der Waals surface area contributed by atoms with Crippen molar-refractivity contribution in [3.63, 3.8) is 0 Å². The van der Waals surface area contributed by atoms with Gasteiger partial charge in [-0.3, -0.25) is 14.6 Å². The minimum Gasteiger partial charge on any atom is -0.493 e. The number of benzene rings is 1. The van der Waals surface area contributed by atoms with E-state index in [0.717, 1.165) is 22.4 Å². The molecule has 0 saturated heterocycles. The lowest BCUT2D eigenvalue weighted by molar-refractivity contribution is 0.240. The highest BCUT2D eigenvalue weighted by molar-refractivity contribution is 5.80. The molecule has 0 atom stereocenters. The normalized spacial score (nSPS) is 10.8. The Morgan fingerprint density at radius 2 is 1.83 bits per heavy atom. The van der Waals surface area contributed by atoms with Crippen molar-refractivity contribution in [3.05, 3.63) is 50.9 Å². The van der Waals surface area contributed by atoms with Crippen LogP contribution in [0.4, 0.5) is 4.79 Å². The molecule has 0 radical (unpaired) electrons. The van der Waals surface area contributed by atoms with Gasteiger partial charge >= 0.3 is 6.03 Å². The van der Waals surface area contributed by atoms with Gasteiger partial charge in [-0.25, -0.2) is 9.78 Å². The second kappa shape index (κ2) is 8.26. The predicted octanol–water partition coefficient (Wildman–Crippen LogP) is 1.90. The van der Waals surface area contributed by atoms with Gasteiger partial charge in [0.1, 0.15) is 0 Å². The van der Waals surface area contributed by atoms with Crippen LogP contribution in [0.3, 0.4) is 0 Å². The molecule has 29 heavy (non-hydrogen) atoms. The predicted molar refractivity (Wildman–Crippen MR) is 109 cm³/mol. The number of rotatable bonds is 6. The SMILES string of the molecule is COc1ccc(CNC(=O)NCc2c(C)nc3c(c2C)c(=O)[nH]n3C)cc1OC. The minimum absolute atomic E-state index is 0.188. The summed E-state index contributed by atoms with van der Waals surface area (Å²) in [6, 6.07) is 5.14. The van der Waals surface area contributed by atoms with E-state index in [1.165, 1.54) is 0 Å². The standard InChI is InChI=1S/C20H25N5O4/c1-11-14(12(2)23-18-17(11)19(26)24-25(18)3)10-22-20(27)21-9-13-6-7-15(28-4)16(8-13)29-5/h6-8H,9-10H2,1-5H3,(H,24,26)(H2,21,22,27). The van der Waals surface area contributed by atoms with Gasteiger partial charge in [0.25, 0.3) is 5.56 Å². The molecule has 0 bridgehead atoms. The van der Waals surface area contributed by atoms with E-state index in [0.29, 0.717) is 29.1 Å². The maximum Gasteiger partial charge on any atom is 0.315 e. The molecule has 0 spiro atoms. The molecule has 3 rings (SSSR count). The first-order chi connectivity index (χ1) is 13.8. The van der Waals surface area contributed by atoms with Crippen LogP contribution in [-0.4, -0.2) is 35.0 Å². The maximum atomic E-state index is 12.3. The number of H-pyrrole nitrogens is 1. The molecule has 9 nitrogen and oxygen atoms in total. The van der Waals surface area contributed by atoms with E-state index in [1.807, 2.05) is 26.0 Å². The van der Waals surface area contributed by atoms with E-state index in [4.69, 9.17) is 9.47 Å². The average molecular weight is 399 g/mol. The highest BCUT2D eigenvalue weighted by Gasteiger charge is 2.15. The first-order valence-electron chi connectivity index (χ1n) is 9.13. The smallest absolute Gasteiger partial charge is 0.315 e. The van der Waals surface area contributed by atoms with E-state index in [1.54, 1.807) is 32.0 Å². The Hall–Kier alpha value is -3.49. The summed E-state index contributed by atoms with van der Waals surface area (Å²) in [6.07, 6.45) is 0. The lowest BCUT2D eigenvalue weighted by atomic mass is 10.1. The van der Waals surface area contributed by atoms with Crippen LogP contribution >= 0.6 is 0 Å². The summed E-state index contributed by atoms with van der Waals surface area (Å²) in [7, 11) is 4.88. The molecule has 0 fully saturated rings. The topological polar surface area (TPSA) is 110 Å². The number of fused-ring (bicyclic) bond motifs is 1. The summed E-state index contributed by atoms with van der Waals surface area (Å²) < 4.78 is 12.1. The van der Waals surface area contributed by atoms with Crippen LogP contribution in [0.1, 0.15) is 22.4 Å². The molecule has 0 saturated carbocycles. The van der Waals surface area contributed by atoms with Gasteiger partial charge in [0.05, 0.1) is 19.6 Å². The van der Waals surface area contributed by atoms with Crippen molar-refractivity contribution in [3.8, 4) is 11.5 Å². The average Bonchev–Trinajstić information content (AvgIpc) is 2.99. The Bertz CT molecular complexity index is 1120. The molecular weight excluding hydrogens is 374 g/mol. The number of pyridine rings is 1. The summed E-state index contributed by atoms with van der Waals surface area (Å²) in [5, 5.41) is 8.89. The van der Waals surface area contributed by atoms with Gasteiger partial charge in [-0.1, -0.05) is 6.07 Å². The minimum atomic E-state index is -0.319. The molecule has 0 unspecified atom stereocenters. The summed E-state index contributed by atoms with van der Waals surface area (Å²) in [4.78, 5) is 28.9. The maximum absolute atomic E-state index is 12.3. The van der Waals surface area contributed by atoms with Crippen LogP contribution in [0.25, 0.3) is 11.0 Å². The molecule has 154 valence electrons. The number of urea groups is 1. The van der Waals surface area contributed by atoms with Crippen LogP contribution in [-0.2, 0) is 20.1 Å². The van der Waals surface area contributed by atoms with Crippen molar-refractivity contribution < 1.29 is 14.3 Å². The number of hydrogen-bond donors (Lipinski definition) is 3. The highest BCUT2D eigenvalue weighted by Crippen LogP contribution is 2.27. The zero-order valence-electron chi connectivity index (χ0n) is 17.2. The monoisotopic (exact) mass is 399 g/mol. The molecule has 2 heterocycles. The molecule has 1 aromatic carbocycles. The van der Waals surface area contributed by atoms with Gasteiger partial charge in [-0.2, -0.15) is 0 Å². The Morgan fingerprint density at radius 3 is 2.52 bits per heavy atom. The summed E-state index contributed by atoms with van der Waals surface area (Å²) in [6.45, 7) is 4.33. The Labute approximate surface area is 168 Å². The van der Waals surface area contributed by atoms with Crippen LogP contribution < -0.4 is 25.7 Å². The lowest BCUT2D eigenvalue weighted by Crippen LogP contribution is -2.35. The van der Waals surface area contributed by atoms with E-state index >= 15 is 0 Å². The van der Waals surface area contributed by atoms with Gasteiger partial charge in [-0.15, -0.1) is 0 Å². The second-order valence-corrected chi connectivity index (χ2v) is 6.72. The van der Waals surface area contributed by atoms with Gasteiger partial charge in [-0.05, 0) is 42.7 Å². The largest absolute Gasteiger partial charge is 0.493 e. The van der Waals surface area contributed by atoms with Crippen LogP contribution in [0, 0.1) is 13.8 Å². The van der Waals surface area contributed by atoms with Crippen molar-refractivity contribution in [1.82, 2.24) is 25.4 Å². The highest BCUT2D eigenvalue weighted by atomic mass is 16.5. The Morgan fingerprint density at radius 1 is 1.14 bits per heavy atom. The molecule has 3 aromatic rings. The lowest BCUT2D eigenvalue weighted by Gasteiger charge is -2.13. The number of aromatic nitrogens is 3. The summed E-state index contributed by atoms with van der Waals surface area (Å²) >= 11 is 0. The number of nitrogens with one attached hydrogen (secondary N) is 3. The fourth-order valence-corrected chi connectivity index (χ4v) is 3.31. The zero-order chi connectivity index (χ0) is 21.1. The van der Waals surface area contributed by atoms with Crippen molar-refractivity contribution in [2.75, 3.05) is 14.2 Å². The van der Waals surface area contributed by atoms with E-state index in [2.05, 4.69) is 20.7 Å². The van der Waals surface area contributed by atoms with E-state index < -0.39 is 0 Å². The molecule has 9 heteroatoms. The van der Waals surface area contributed by atoms with Crippen molar-refractivity contribution >= 4 is 17.1 Å². The number of carbonyl (C=O) groups is 1. The molecule has 3 N–H and O–H groups in total. The number of nitrogens with zero attached hydrogens (tertiary/aromatic N) is 2. The second-order valence-electron chi connectivity index (χ2n) is 6.72. The Balaban J connectivity index is 1.67. The third-order valence-corrected chi connectivity index (χ3v) is 4.90. The molecule has 0 aliphatic rings. The van der Waals surface area contributed by atoms with E-state index in [-0.39, 0.29) is 18.1 Å². The van der Waals surface area contributed by atoms with Crippen LogP contribution in [0.15, 0.2) is 23.0 Å². The molecule has 0 aliphatic heterocycles. The van der Waals surface area contributed by atoms with Crippen molar-refractivity contribution in [1.29, 1.82) is 0 Å². The summed E-state index contributed by atoms with van der Waals surface area (Å²) in [5.74, 6) is 1.23. The molecule has 0 aliphatic carbocycles. The fourth-order valence-electron chi connectivity index (χ4n) is 3.31. The van der Waals surface area contributed by atoms with Gasteiger partial charge in [0, 0.05) is 25.8 Å². The van der Waals surface area contributed by atoms with Gasteiger partial charge in [0.2, 0.25) is 0 Å². The number of aryl methyl sites for hydroxylation is 3. The molecule has 2 aromatic heterocycles. The van der Waals surface area contributed by atoms with Gasteiger partial charge in [0.15, 0.2) is 17.1 Å². The van der Waals surface area contributed by atoms with Crippen molar-refractivity contribution in [2.24, 2.45) is 7.05 Å². The number of methoxy groups -OCH3 is 2. The quantitative estimate of drug-likeness (QED) is 0.586. The number of aromatic amines is 1. The fraction of sp³-hybridized carbons (Fsp3) is 0.350. The number of amides is 2. The zero-order valence-corrected chi connectivity index (χ0v) is 17.2. The molecule has 2 amide bonds. The van der Waals surface area contributed by atoms with Crippen LogP contribution in [0.5, 0.6) is 11.5 Å². The Kier molecular flexibility index (Phi) is 5.76. The number of carbonyl (C=O) groups excluding carboxylic acids is 1. The first-order valence-corrected chi connectivity index (χ1v) is 9.13. The van der Waals surface area contributed by atoms with Crippen LogP contribution in [0.2, 0.25) is 0 Å². The third kappa shape index (κ3) is 4.03. The third-order valence-electron chi connectivity index (χ3n) is 4.90. The molecular formula is C20H25N5O4. The van der Waals surface area contributed by atoms with Gasteiger partial charge < -0.3 is 20.1 Å². The van der Waals surface area contributed by atoms with E-state index in [9.17, 15) is 9.59 Å².